The van der Waals surface area contributed by atoms with Crippen LogP contribution in [-0.4, -0.2) is 27.0 Å². The standard InChI is InChI=1S/C10H18N4O2/c1-5-6(11)7-8(13-14-12-7)9(15)16-10(2,3)4/h6H,5,11H2,1-4H3,(H,12,13,14). The van der Waals surface area contributed by atoms with Crippen molar-refractivity contribution in [1.29, 1.82) is 0 Å². The number of hydrogen-bond acceptors (Lipinski definition) is 5. The summed E-state index contributed by atoms with van der Waals surface area (Å²) < 4.78 is 5.20. The lowest BCUT2D eigenvalue weighted by Gasteiger charge is -2.19. The van der Waals surface area contributed by atoms with E-state index in [1.165, 1.54) is 0 Å². The second kappa shape index (κ2) is 4.61. The first kappa shape index (κ1) is 12.6. The zero-order valence-corrected chi connectivity index (χ0v) is 10.1. The monoisotopic (exact) mass is 226 g/mol. The molecule has 90 valence electrons. The maximum absolute atomic E-state index is 11.8. The van der Waals surface area contributed by atoms with Gasteiger partial charge < -0.3 is 10.5 Å². The quantitative estimate of drug-likeness (QED) is 0.754. The molecule has 1 heterocycles. The molecule has 6 nitrogen and oxygen atoms in total. The van der Waals surface area contributed by atoms with Gasteiger partial charge in [-0.2, -0.15) is 10.3 Å². The molecule has 0 aliphatic heterocycles. The van der Waals surface area contributed by atoms with E-state index >= 15 is 0 Å². The van der Waals surface area contributed by atoms with Gasteiger partial charge in [-0.15, -0.1) is 5.10 Å². The minimum Gasteiger partial charge on any atom is -0.455 e. The van der Waals surface area contributed by atoms with Crippen LogP contribution >= 0.6 is 0 Å². The van der Waals surface area contributed by atoms with Crippen LogP contribution in [0.5, 0.6) is 0 Å². The van der Waals surface area contributed by atoms with Crippen LogP contribution in [0.15, 0.2) is 0 Å². The second-order valence-electron chi connectivity index (χ2n) is 4.57. The fraction of sp³-hybridized carbons (Fsp3) is 0.700. The van der Waals surface area contributed by atoms with Crippen molar-refractivity contribution in [3.8, 4) is 0 Å². The lowest BCUT2D eigenvalue weighted by molar-refractivity contribution is 0.00610. The molecule has 0 aliphatic rings. The molecule has 0 aliphatic carbocycles. The number of nitrogens with two attached hydrogens (primary N) is 1. The molecule has 0 aromatic carbocycles. The van der Waals surface area contributed by atoms with Gasteiger partial charge in [-0.05, 0) is 27.2 Å². The Labute approximate surface area is 94.6 Å². The van der Waals surface area contributed by atoms with Crippen molar-refractivity contribution in [2.75, 3.05) is 0 Å². The third-order valence-corrected chi connectivity index (χ3v) is 1.96. The number of aromatic nitrogens is 3. The molecule has 0 spiro atoms. The molecule has 1 rings (SSSR count). The van der Waals surface area contributed by atoms with Crippen LogP contribution in [0.25, 0.3) is 0 Å². The highest BCUT2D eigenvalue weighted by Crippen LogP contribution is 2.17. The summed E-state index contributed by atoms with van der Waals surface area (Å²) in [5, 5.41) is 10.1. The lowest BCUT2D eigenvalue weighted by Crippen LogP contribution is -2.25. The summed E-state index contributed by atoms with van der Waals surface area (Å²) in [4.78, 5) is 11.8. The normalized spacial score (nSPS) is 13.6. The second-order valence-corrected chi connectivity index (χ2v) is 4.57. The molecule has 0 saturated heterocycles. The van der Waals surface area contributed by atoms with Crippen molar-refractivity contribution in [3.05, 3.63) is 11.4 Å². The number of hydrogen-bond donors (Lipinski definition) is 2. The van der Waals surface area contributed by atoms with Crippen molar-refractivity contribution >= 4 is 5.97 Å². The summed E-state index contributed by atoms with van der Waals surface area (Å²) in [5.41, 5.74) is 5.88. The lowest BCUT2D eigenvalue weighted by atomic mass is 10.1. The highest BCUT2D eigenvalue weighted by atomic mass is 16.6. The Bertz CT molecular complexity index is 367. The van der Waals surface area contributed by atoms with Crippen LogP contribution in [0.4, 0.5) is 0 Å². The number of aromatic amines is 1. The first-order chi connectivity index (χ1) is 7.35. The predicted octanol–water partition coefficient (Wildman–Crippen LogP) is 1.17. The Hall–Kier alpha value is -1.43. The average molecular weight is 226 g/mol. The zero-order chi connectivity index (χ0) is 12.3. The summed E-state index contributed by atoms with van der Waals surface area (Å²) in [6.45, 7) is 7.30. The molecule has 0 amide bonds. The van der Waals surface area contributed by atoms with Gasteiger partial charge in [-0.25, -0.2) is 4.79 Å². The Morgan fingerprint density at radius 1 is 1.50 bits per heavy atom. The van der Waals surface area contributed by atoms with E-state index in [0.29, 0.717) is 12.1 Å². The molecule has 0 radical (unpaired) electrons. The number of carbonyl (C=O) groups is 1. The van der Waals surface area contributed by atoms with E-state index in [1.54, 1.807) is 20.8 Å². The molecule has 1 aromatic rings. The van der Waals surface area contributed by atoms with Gasteiger partial charge in [0.2, 0.25) is 0 Å². The van der Waals surface area contributed by atoms with Gasteiger partial charge in [-0.3, -0.25) is 0 Å². The van der Waals surface area contributed by atoms with Gasteiger partial charge in [0.05, 0.1) is 6.04 Å². The van der Waals surface area contributed by atoms with Crippen LogP contribution in [0.3, 0.4) is 0 Å². The Morgan fingerprint density at radius 3 is 2.62 bits per heavy atom. The van der Waals surface area contributed by atoms with E-state index in [0.717, 1.165) is 0 Å². The van der Waals surface area contributed by atoms with E-state index in [9.17, 15) is 4.79 Å². The third kappa shape index (κ3) is 3.03. The molecule has 6 heteroatoms. The molecule has 0 fully saturated rings. The topological polar surface area (TPSA) is 93.9 Å². The molecule has 1 aromatic heterocycles. The zero-order valence-electron chi connectivity index (χ0n) is 10.1. The molecule has 16 heavy (non-hydrogen) atoms. The molecule has 1 atom stereocenters. The number of carbonyl (C=O) groups excluding carboxylic acids is 1. The maximum Gasteiger partial charge on any atom is 0.361 e. The number of nitrogens with one attached hydrogen (secondary N) is 1. The van der Waals surface area contributed by atoms with Gasteiger partial charge in [-0.1, -0.05) is 6.92 Å². The highest BCUT2D eigenvalue weighted by Gasteiger charge is 2.25. The van der Waals surface area contributed by atoms with Crippen LogP contribution in [0.1, 0.15) is 56.3 Å². The number of nitrogens with zero attached hydrogens (tertiary/aromatic N) is 2. The first-order valence-electron chi connectivity index (χ1n) is 5.24. The molecular formula is C10H18N4O2. The van der Waals surface area contributed by atoms with E-state index < -0.39 is 11.6 Å². The van der Waals surface area contributed by atoms with Gasteiger partial charge in [0.15, 0.2) is 5.69 Å². The van der Waals surface area contributed by atoms with Crippen LogP contribution < -0.4 is 5.73 Å². The Kier molecular flexibility index (Phi) is 3.64. The smallest absolute Gasteiger partial charge is 0.361 e. The number of ether oxygens (including phenoxy) is 1. The largest absolute Gasteiger partial charge is 0.455 e. The van der Waals surface area contributed by atoms with E-state index in [1.807, 2.05) is 6.92 Å². The van der Waals surface area contributed by atoms with Crippen LogP contribution in [-0.2, 0) is 4.74 Å². The fourth-order valence-electron chi connectivity index (χ4n) is 1.17. The first-order valence-corrected chi connectivity index (χ1v) is 5.24. The van der Waals surface area contributed by atoms with Crippen LogP contribution in [0, 0.1) is 0 Å². The van der Waals surface area contributed by atoms with Crippen molar-refractivity contribution in [3.63, 3.8) is 0 Å². The van der Waals surface area contributed by atoms with Gasteiger partial charge in [0.25, 0.3) is 0 Å². The third-order valence-electron chi connectivity index (χ3n) is 1.96. The van der Waals surface area contributed by atoms with E-state index in [2.05, 4.69) is 15.4 Å². The van der Waals surface area contributed by atoms with Crippen molar-refractivity contribution in [2.24, 2.45) is 5.73 Å². The summed E-state index contributed by atoms with van der Waals surface area (Å²) in [6, 6.07) is -0.304. The highest BCUT2D eigenvalue weighted by molar-refractivity contribution is 5.88. The predicted molar refractivity (Wildman–Crippen MR) is 58.8 cm³/mol. The average Bonchev–Trinajstić information content (AvgIpc) is 2.62. The minimum atomic E-state index is -0.552. The molecule has 0 bridgehead atoms. The minimum absolute atomic E-state index is 0.171. The number of H-pyrrole nitrogens is 1. The molecular weight excluding hydrogens is 208 g/mol. The summed E-state index contributed by atoms with van der Waals surface area (Å²) in [7, 11) is 0. The molecule has 0 saturated carbocycles. The summed E-state index contributed by atoms with van der Waals surface area (Å²) >= 11 is 0. The van der Waals surface area contributed by atoms with E-state index in [-0.39, 0.29) is 11.7 Å². The molecule has 1 unspecified atom stereocenters. The molecule has 3 N–H and O–H groups in total. The van der Waals surface area contributed by atoms with Crippen molar-refractivity contribution in [2.45, 2.75) is 45.8 Å². The van der Waals surface area contributed by atoms with Gasteiger partial charge >= 0.3 is 5.97 Å². The van der Waals surface area contributed by atoms with Crippen molar-refractivity contribution in [1.82, 2.24) is 15.4 Å². The summed E-state index contributed by atoms with van der Waals surface area (Å²) in [5.74, 6) is -0.500. The Morgan fingerprint density at radius 2 is 2.12 bits per heavy atom. The van der Waals surface area contributed by atoms with Crippen LogP contribution in [0.2, 0.25) is 0 Å². The van der Waals surface area contributed by atoms with Gasteiger partial charge in [0.1, 0.15) is 11.3 Å². The summed E-state index contributed by atoms with van der Waals surface area (Å²) in [6.07, 6.45) is 0.683. The van der Waals surface area contributed by atoms with E-state index in [4.69, 9.17) is 10.5 Å². The Balaban J connectivity index is 2.88. The van der Waals surface area contributed by atoms with Crippen molar-refractivity contribution < 1.29 is 9.53 Å². The van der Waals surface area contributed by atoms with Gasteiger partial charge in [0, 0.05) is 0 Å². The fourth-order valence-corrected chi connectivity index (χ4v) is 1.17. The number of rotatable bonds is 3. The number of esters is 1. The SMILES string of the molecule is CCC(N)c1n[nH]nc1C(=O)OC(C)(C)C. The maximum atomic E-state index is 11.8.